The fraction of sp³-hybridized carbons (Fsp3) is 0.269. The van der Waals surface area contributed by atoms with Crippen LogP contribution in [0.4, 0.5) is 10.1 Å². The van der Waals surface area contributed by atoms with Gasteiger partial charge in [0.2, 0.25) is 5.91 Å². The SMILES string of the molecule is COc1ccc(S(=O)(=O)N(CC(=O)NCCCSCc2ccccc2)c2ccc(F)cc2)cc1OC. The Labute approximate surface area is 215 Å². The number of anilines is 1. The smallest absolute Gasteiger partial charge is 0.264 e. The third kappa shape index (κ3) is 7.38. The highest BCUT2D eigenvalue weighted by Gasteiger charge is 2.28. The van der Waals surface area contributed by atoms with Crippen molar-refractivity contribution in [1.29, 1.82) is 0 Å². The van der Waals surface area contributed by atoms with E-state index in [4.69, 9.17) is 9.47 Å². The van der Waals surface area contributed by atoms with Crippen LogP contribution < -0.4 is 19.1 Å². The topological polar surface area (TPSA) is 84.9 Å². The average Bonchev–Trinajstić information content (AvgIpc) is 2.90. The number of sulfonamides is 1. The quantitative estimate of drug-likeness (QED) is 0.327. The molecular formula is C26H29FN2O5S2. The first kappa shape index (κ1) is 27.3. The van der Waals surface area contributed by atoms with E-state index >= 15 is 0 Å². The third-order valence-corrected chi connectivity index (χ3v) is 8.13. The molecule has 1 amide bonds. The minimum absolute atomic E-state index is 0.0883. The maximum atomic E-state index is 13.5. The van der Waals surface area contributed by atoms with Crippen LogP contribution in [0.1, 0.15) is 12.0 Å². The average molecular weight is 533 g/mol. The first-order valence-corrected chi connectivity index (χ1v) is 13.8. The van der Waals surface area contributed by atoms with Gasteiger partial charge in [0.15, 0.2) is 11.5 Å². The summed E-state index contributed by atoms with van der Waals surface area (Å²) in [5.41, 5.74) is 1.40. The fourth-order valence-electron chi connectivity index (χ4n) is 3.38. The number of carbonyl (C=O) groups is 1. The number of carbonyl (C=O) groups excluding carboxylic acids is 1. The molecule has 1 N–H and O–H groups in total. The Hall–Kier alpha value is -3.24. The van der Waals surface area contributed by atoms with Crippen LogP contribution in [0.2, 0.25) is 0 Å². The molecule has 0 fully saturated rings. The van der Waals surface area contributed by atoms with E-state index in [1.165, 1.54) is 50.1 Å². The molecule has 0 atom stereocenters. The molecule has 0 aliphatic rings. The monoisotopic (exact) mass is 532 g/mol. The number of amides is 1. The zero-order valence-electron chi connectivity index (χ0n) is 20.1. The summed E-state index contributed by atoms with van der Waals surface area (Å²) in [5.74, 6) is 1.36. The van der Waals surface area contributed by atoms with E-state index < -0.39 is 28.3 Å². The van der Waals surface area contributed by atoms with Gasteiger partial charge in [-0.25, -0.2) is 12.8 Å². The number of rotatable bonds is 13. The van der Waals surface area contributed by atoms with Crippen LogP contribution in [0.5, 0.6) is 11.5 Å². The van der Waals surface area contributed by atoms with Gasteiger partial charge >= 0.3 is 0 Å². The van der Waals surface area contributed by atoms with Gasteiger partial charge in [-0.15, -0.1) is 0 Å². The van der Waals surface area contributed by atoms with E-state index in [-0.39, 0.29) is 16.3 Å². The summed E-state index contributed by atoms with van der Waals surface area (Å²) in [6, 6.07) is 19.2. The first-order valence-electron chi connectivity index (χ1n) is 11.2. The van der Waals surface area contributed by atoms with Crippen molar-refractivity contribution in [3.63, 3.8) is 0 Å². The van der Waals surface area contributed by atoms with Crippen LogP contribution in [0.15, 0.2) is 77.7 Å². The Morgan fingerprint density at radius 2 is 1.67 bits per heavy atom. The van der Waals surface area contributed by atoms with Crippen LogP contribution in [0.25, 0.3) is 0 Å². The lowest BCUT2D eigenvalue weighted by Crippen LogP contribution is -2.41. The Morgan fingerprint density at radius 3 is 2.33 bits per heavy atom. The van der Waals surface area contributed by atoms with Crippen LogP contribution >= 0.6 is 11.8 Å². The number of halogens is 1. The van der Waals surface area contributed by atoms with E-state index in [1.807, 2.05) is 18.2 Å². The number of hydrogen-bond donors (Lipinski definition) is 1. The largest absolute Gasteiger partial charge is 0.493 e. The molecule has 10 heteroatoms. The van der Waals surface area contributed by atoms with Gasteiger partial charge in [-0.05, 0) is 54.1 Å². The Balaban J connectivity index is 1.67. The standard InChI is InChI=1S/C26H29FN2O5S2/c1-33-24-14-13-23(17-25(24)34-2)36(31,32)29(22-11-9-21(27)10-12-22)18-26(30)28-15-6-16-35-19-20-7-4-3-5-8-20/h3-5,7-14,17H,6,15-16,18-19H2,1-2H3,(H,28,30). The predicted octanol–water partition coefficient (Wildman–Crippen LogP) is 4.48. The summed E-state index contributed by atoms with van der Waals surface area (Å²) in [7, 11) is -1.33. The lowest BCUT2D eigenvalue weighted by molar-refractivity contribution is -0.119. The number of nitrogens with zero attached hydrogens (tertiary/aromatic N) is 1. The van der Waals surface area contributed by atoms with Gasteiger partial charge in [0.25, 0.3) is 10.0 Å². The third-order valence-electron chi connectivity index (χ3n) is 5.24. The van der Waals surface area contributed by atoms with Crippen LogP contribution in [0, 0.1) is 5.82 Å². The second-order valence-corrected chi connectivity index (χ2v) is 10.7. The Morgan fingerprint density at radius 1 is 0.972 bits per heavy atom. The molecule has 36 heavy (non-hydrogen) atoms. The van der Waals surface area contributed by atoms with Gasteiger partial charge < -0.3 is 14.8 Å². The van der Waals surface area contributed by atoms with Crippen LogP contribution in [-0.2, 0) is 20.6 Å². The number of ether oxygens (including phenoxy) is 2. The van der Waals surface area contributed by atoms with E-state index in [0.717, 1.165) is 34.4 Å². The van der Waals surface area contributed by atoms with Crippen molar-refractivity contribution in [1.82, 2.24) is 5.32 Å². The lowest BCUT2D eigenvalue weighted by atomic mass is 10.2. The molecule has 0 unspecified atom stereocenters. The van der Waals surface area contributed by atoms with Gasteiger partial charge in [0, 0.05) is 18.4 Å². The van der Waals surface area contributed by atoms with Crippen LogP contribution in [0.3, 0.4) is 0 Å². The summed E-state index contributed by atoms with van der Waals surface area (Å²) in [4.78, 5) is 12.6. The number of nitrogens with one attached hydrogen (secondary N) is 1. The highest BCUT2D eigenvalue weighted by atomic mass is 32.2. The molecule has 192 valence electrons. The van der Waals surface area contributed by atoms with Gasteiger partial charge in [-0.1, -0.05) is 30.3 Å². The summed E-state index contributed by atoms with van der Waals surface area (Å²) in [6.07, 6.45) is 0.738. The van der Waals surface area contributed by atoms with Gasteiger partial charge in [-0.2, -0.15) is 11.8 Å². The number of hydrogen-bond acceptors (Lipinski definition) is 6. The van der Waals surface area contributed by atoms with Crippen molar-refractivity contribution in [2.45, 2.75) is 17.1 Å². The molecule has 3 aromatic carbocycles. The molecule has 0 saturated carbocycles. The van der Waals surface area contributed by atoms with Crippen molar-refractivity contribution in [3.05, 3.63) is 84.2 Å². The highest BCUT2D eigenvalue weighted by molar-refractivity contribution is 7.98. The van der Waals surface area contributed by atoms with Crippen molar-refractivity contribution in [2.24, 2.45) is 0 Å². The second-order valence-electron chi connectivity index (χ2n) is 7.75. The first-order chi connectivity index (χ1) is 17.3. The zero-order valence-corrected chi connectivity index (χ0v) is 21.8. The summed E-state index contributed by atoms with van der Waals surface area (Å²) in [6.45, 7) is -0.0479. The fourth-order valence-corrected chi connectivity index (χ4v) is 5.74. The molecule has 0 aliphatic heterocycles. The maximum absolute atomic E-state index is 13.5. The van der Waals surface area contributed by atoms with Crippen molar-refractivity contribution >= 4 is 33.4 Å². The normalized spacial score (nSPS) is 11.1. The van der Waals surface area contributed by atoms with Gasteiger partial charge in [-0.3, -0.25) is 9.10 Å². The Kier molecular flexibility index (Phi) is 10.0. The molecule has 0 spiro atoms. The molecule has 0 aliphatic carbocycles. The molecule has 0 bridgehead atoms. The molecule has 0 saturated heterocycles. The minimum atomic E-state index is -4.18. The molecular weight excluding hydrogens is 503 g/mol. The van der Waals surface area contributed by atoms with Crippen molar-refractivity contribution < 1.29 is 27.1 Å². The maximum Gasteiger partial charge on any atom is 0.264 e. The van der Waals surface area contributed by atoms with E-state index in [0.29, 0.717) is 12.3 Å². The Bertz CT molecular complexity index is 1240. The zero-order chi connectivity index (χ0) is 26.0. The summed E-state index contributed by atoms with van der Waals surface area (Å²) in [5, 5.41) is 2.78. The molecule has 0 heterocycles. The molecule has 3 rings (SSSR count). The van der Waals surface area contributed by atoms with Gasteiger partial charge in [0.05, 0.1) is 24.8 Å². The minimum Gasteiger partial charge on any atom is -0.493 e. The lowest BCUT2D eigenvalue weighted by Gasteiger charge is -2.24. The van der Waals surface area contributed by atoms with Gasteiger partial charge in [0.1, 0.15) is 12.4 Å². The van der Waals surface area contributed by atoms with E-state index in [9.17, 15) is 17.6 Å². The molecule has 0 aromatic heterocycles. The van der Waals surface area contributed by atoms with E-state index in [2.05, 4.69) is 17.4 Å². The molecule has 7 nitrogen and oxygen atoms in total. The van der Waals surface area contributed by atoms with Crippen LogP contribution in [-0.4, -0.2) is 47.4 Å². The number of methoxy groups -OCH3 is 2. The van der Waals surface area contributed by atoms with Crippen molar-refractivity contribution in [2.75, 3.05) is 37.4 Å². The second kappa shape index (κ2) is 13.2. The predicted molar refractivity (Wildman–Crippen MR) is 141 cm³/mol. The number of benzene rings is 3. The highest BCUT2D eigenvalue weighted by Crippen LogP contribution is 2.32. The number of thioether (sulfide) groups is 1. The molecule has 0 radical (unpaired) electrons. The summed E-state index contributed by atoms with van der Waals surface area (Å²) >= 11 is 1.76. The summed E-state index contributed by atoms with van der Waals surface area (Å²) < 4.78 is 51.9. The van der Waals surface area contributed by atoms with Crippen molar-refractivity contribution in [3.8, 4) is 11.5 Å². The molecule has 3 aromatic rings. The van der Waals surface area contributed by atoms with E-state index in [1.54, 1.807) is 11.8 Å².